The first kappa shape index (κ1) is 26.0. The first-order valence-corrected chi connectivity index (χ1v) is 12.8. The number of carbonyl (C=O) groups excluding carboxylic acids is 2. The first-order chi connectivity index (χ1) is 18.8. The molecule has 1 saturated heterocycles. The van der Waals surface area contributed by atoms with E-state index in [0.29, 0.717) is 28.3 Å². The summed E-state index contributed by atoms with van der Waals surface area (Å²) in [7, 11) is 0. The van der Waals surface area contributed by atoms with Crippen LogP contribution in [-0.4, -0.2) is 41.1 Å². The van der Waals surface area contributed by atoms with E-state index in [4.69, 9.17) is 0 Å². The average Bonchev–Trinajstić information content (AvgIpc) is 3.38. The number of anilines is 5. The standard InChI is InChI=1S/C30H30FN5O3/c1-19-2-12-28(32-19)30(39)35-23-9-13-27(26(31)18-23)33-21-5-7-22(8-6-21)34-29(38)20-3-10-24(11-4-20)36-16-14-25(37)15-17-36/h2-13,18,25,32-33,37H,14-17H2,1H3,(H,34,38)(H,35,39). The molecule has 2 heterocycles. The number of hydrogen-bond donors (Lipinski definition) is 5. The van der Waals surface area contributed by atoms with E-state index in [1.807, 2.05) is 19.1 Å². The number of hydrogen-bond acceptors (Lipinski definition) is 5. The van der Waals surface area contributed by atoms with Crippen LogP contribution in [0.1, 0.15) is 39.4 Å². The van der Waals surface area contributed by atoms with Gasteiger partial charge in [-0.1, -0.05) is 0 Å². The Morgan fingerprint density at radius 2 is 1.49 bits per heavy atom. The molecule has 0 unspecified atom stereocenters. The predicted molar refractivity (Wildman–Crippen MR) is 151 cm³/mol. The van der Waals surface area contributed by atoms with Crippen molar-refractivity contribution >= 4 is 40.3 Å². The number of aromatic nitrogens is 1. The predicted octanol–water partition coefficient (Wildman–Crippen LogP) is 5.67. The Balaban J connectivity index is 1.16. The van der Waals surface area contributed by atoms with Gasteiger partial charge in [-0.25, -0.2) is 4.39 Å². The molecule has 4 aromatic rings. The number of piperidine rings is 1. The Kier molecular flexibility index (Phi) is 7.60. The summed E-state index contributed by atoms with van der Waals surface area (Å²) in [4.78, 5) is 30.1. The smallest absolute Gasteiger partial charge is 0.272 e. The normalized spacial score (nSPS) is 13.7. The Labute approximate surface area is 225 Å². The molecule has 39 heavy (non-hydrogen) atoms. The van der Waals surface area contributed by atoms with E-state index in [1.165, 1.54) is 6.07 Å². The minimum atomic E-state index is -0.517. The van der Waals surface area contributed by atoms with Crippen molar-refractivity contribution in [1.29, 1.82) is 0 Å². The molecule has 8 nitrogen and oxygen atoms in total. The summed E-state index contributed by atoms with van der Waals surface area (Å²) < 4.78 is 14.7. The summed E-state index contributed by atoms with van der Waals surface area (Å²) in [6.07, 6.45) is 1.27. The quantitative estimate of drug-likeness (QED) is 0.213. The van der Waals surface area contributed by atoms with Crippen molar-refractivity contribution in [3.05, 3.63) is 102 Å². The van der Waals surface area contributed by atoms with E-state index in [9.17, 15) is 19.1 Å². The summed E-state index contributed by atoms with van der Waals surface area (Å²) >= 11 is 0. The van der Waals surface area contributed by atoms with E-state index < -0.39 is 5.82 Å². The summed E-state index contributed by atoms with van der Waals surface area (Å²) in [5, 5.41) is 18.3. The fourth-order valence-corrected chi connectivity index (χ4v) is 4.47. The number of aliphatic hydroxyl groups excluding tert-OH is 1. The Hall–Kier alpha value is -4.63. The van der Waals surface area contributed by atoms with Crippen LogP contribution in [0.2, 0.25) is 0 Å². The number of halogens is 1. The zero-order valence-corrected chi connectivity index (χ0v) is 21.5. The molecule has 2 amide bonds. The monoisotopic (exact) mass is 527 g/mol. The van der Waals surface area contributed by atoms with Crippen LogP contribution < -0.4 is 20.9 Å². The second kappa shape index (κ2) is 11.4. The third-order valence-corrected chi connectivity index (χ3v) is 6.68. The van der Waals surface area contributed by atoms with Crippen molar-refractivity contribution in [2.24, 2.45) is 0 Å². The lowest BCUT2D eigenvalue weighted by Gasteiger charge is -2.31. The number of nitrogens with zero attached hydrogens (tertiary/aromatic N) is 1. The molecule has 0 radical (unpaired) electrons. The molecule has 5 N–H and O–H groups in total. The van der Waals surface area contributed by atoms with Crippen LogP contribution in [0.15, 0.2) is 78.9 Å². The van der Waals surface area contributed by atoms with Gasteiger partial charge in [0.1, 0.15) is 11.5 Å². The van der Waals surface area contributed by atoms with E-state index in [1.54, 1.807) is 60.7 Å². The van der Waals surface area contributed by atoms with Gasteiger partial charge in [0.25, 0.3) is 11.8 Å². The molecule has 0 saturated carbocycles. The van der Waals surface area contributed by atoms with Gasteiger partial charge in [0.2, 0.25) is 0 Å². The highest BCUT2D eigenvalue weighted by Crippen LogP contribution is 2.25. The molecule has 5 rings (SSSR count). The number of nitrogens with one attached hydrogen (secondary N) is 4. The third-order valence-electron chi connectivity index (χ3n) is 6.68. The lowest BCUT2D eigenvalue weighted by atomic mass is 10.1. The molecule has 1 fully saturated rings. The van der Waals surface area contributed by atoms with Crippen molar-refractivity contribution in [3.63, 3.8) is 0 Å². The maximum Gasteiger partial charge on any atom is 0.272 e. The van der Waals surface area contributed by atoms with Gasteiger partial charge in [0, 0.05) is 47.1 Å². The van der Waals surface area contributed by atoms with Crippen molar-refractivity contribution in [2.45, 2.75) is 25.9 Å². The van der Waals surface area contributed by atoms with Gasteiger partial charge in [-0.05, 0) is 98.6 Å². The van der Waals surface area contributed by atoms with E-state index in [0.717, 1.165) is 37.3 Å². The Morgan fingerprint density at radius 1 is 0.846 bits per heavy atom. The van der Waals surface area contributed by atoms with Crippen molar-refractivity contribution in [1.82, 2.24) is 4.98 Å². The molecule has 0 bridgehead atoms. The number of aromatic amines is 1. The number of aryl methyl sites for hydroxylation is 1. The topological polar surface area (TPSA) is 109 Å². The van der Waals surface area contributed by atoms with E-state index in [2.05, 4.69) is 25.8 Å². The Bertz CT molecular complexity index is 1460. The maximum absolute atomic E-state index is 14.7. The molecular formula is C30H30FN5O3. The van der Waals surface area contributed by atoms with E-state index in [-0.39, 0.29) is 23.6 Å². The van der Waals surface area contributed by atoms with Crippen LogP contribution in [0.25, 0.3) is 0 Å². The van der Waals surface area contributed by atoms with Crippen LogP contribution >= 0.6 is 0 Å². The van der Waals surface area contributed by atoms with Gasteiger partial charge in [-0.2, -0.15) is 0 Å². The number of benzene rings is 3. The summed E-state index contributed by atoms with van der Waals surface area (Å²) in [6, 6.07) is 22.3. The van der Waals surface area contributed by atoms with Gasteiger partial charge < -0.3 is 30.9 Å². The second-order valence-electron chi connectivity index (χ2n) is 9.63. The van der Waals surface area contributed by atoms with Gasteiger partial charge in [-0.3, -0.25) is 9.59 Å². The number of H-pyrrole nitrogens is 1. The molecule has 0 aliphatic carbocycles. The SMILES string of the molecule is Cc1ccc(C(=O)Nc2ccc(Nc3ccc(NC(=O)c4ccc(N5CCC(O)CC5)cc4)cc3)c(F)c2)[nH]1. The Morgan fingerprint density at radius 3 is 2.13 bits per heavy atom. The summed E-state index contributed by atoms with van der Waals surface area (Å²) in [5.41, 5.74) is 4.68. The molecular weight excluding hydrogens is 497 g/mol. The molecule has 3 aromatic carbocycles. The summed E-state index contributed by atoms with van der Waals surface area (Å²) in [5.74, 6) is -1.09. The largest absolute Gasteiger partial charge is 0.393 e. The van der Waals surface area contributed by atoms with Gasteiger partial charge >= 0.3 is 0 Å². The molecule has 200 valence electrons. The van der Waals surface area contributed by atoms with Crippen LogP contribution in [0.3, 0.4) is 0 Å². The molecule has 1 aliphatic heterocycles. The molecule has 1 aliphatic rings. The number of aliphatic hydroxyl groups is 1. The fraction of sp³-hybridized carbons (Fsp3) is 0.200. The fourth-order valence-electron chi connectivity index (χ4n) is 4.47. The van der Waals surface area contributed by atoms with Crippen molar-refractivity contribution in [2.75, 3.05) is 33.9 Å². The van der Waals surface area contributed by atoms with Gasteiger partial charge in [0.05, 0.1) is 11.8 Å². The molecule has 1 aromatic heterocycles. The first-order valence-electron chi connectivity index (χ1n) is 12.8. The minimum absolute atomic E-state index is 0.227. The van der Waals surface area contributed by atoms with Gasteiger partial charge in [-0.15, -0.1) is 0 Å². The maximum atomic E-state index is 14.7. The highest BCUT2D eigenvalue weighted by Gasteiger charge is 2.17. The number of carbonyl (C=O) groups is 2. The zero-order chi connectivity index (χ0) is 27.4. The van der Waals surface area contributed by atoms with Crippen LogP contribution in [-0.2, 0) is 0 Å². The van der Waals surface area contributed by atoms with Crippen molar-refractivity contribution in [3.8, 4) is 0 Å². The van der Waals surface area contributed by atoms with E-state index >= 15 is 0 Å². The highest BCUT2D eigenvalue weighted by atomic mass is 19.1. The average molecular weight is 528 g/mol. The highest BCUT2D eigenvalue weighted by molar-refractivity contribution is 6.04. The van der Waals surface area contributed by atoms with Crippen LogP contribution in [0.5, 0.6) is 0 Å². The minimum Gasteiger partial charge on any atom is -0.393 e. The van der Waals surface area contributed by atoms with Crippen molar-refractivity contribution < 1.29 is 19.1 Å². The second-order valence-corrected chi connectivity index (χ2v) is 9.63. The lowest BCUT2D eigenvalue weighted by Crippen LogP contribution is -2.35. The molecule has 0 atom stereocenters. The van der Waals surface area contributed by atoms with Crippen LogP contribution in [0.4, 0.5) is 32.8 Å². The van der Waals surface area contributed by atoms with Crippen LogP contribution in [0, 0.1) is 12.7 Å². The lowest BCUT2D eigenvalue weighted by molar-refractivity contribution is 0.101. The number of amides is 2. The number of rotatable bonds is 7. The molecule has 0 spiro atoms. The molecule has 9 heteroatoms. The third kappa shape index (κ3) is 6.45. The summed E-state index contributed by atoms with van der Waals surface area (Å²) in [6.45, 7) is 3.44. The van der Waals surface area contributed by atoms with Gasteiger partial charge in [0.15, 0.2) is 0 Å². The zero-order valence-electron chi connectivity index (χ0n) is 21.5.